The molecular weight excluding hydrogens is 563 g/mol. The Labute approximate surface area is 226 Å². The zero-order valence-corrected chi connectivity index (χ0v) is 23.4. The maximum atomic E-state index is 13.5. The predicted octanol–water partition coefficient (Wildman–Crippen LogP) is 2.37. The highest BCUT2D eigenvalue weighted by Gasteiger charge is 2.38. The van der Waals surface area contributed by atoms with Gasteiger partial charge < -0.3 is 15.2 Å². The molecule has 0 bridgehead atoms. The first-order valence-corrected chi connectivity index (χ1v) is 14.8. The summed E-state index contributed by atoms with van der Waals surface area (Å²) in [5.41, 5.74) is 2.57. The van der Waals surface area contributed by atoms with Gasteiger partial charge in [0.15, 0.2) is 0 Å². The summed E-state index contributed by atoms with van der Waals surface area (Å²) in [6.45, 7) is 5.64. The Bertz CT molecular complexity index is 1340. The van der Waals surface area contributed by atoms with Crippen LogP contribution in [-0.2, 0) is 31.4 Å². The lowest BCUT2D eigenvalue weighted by Crippen LogP contribution is -2.48. The van der Waals surface area contributed by atoms with Gasteiger partial charge in [-0.3, -0.25) is 0 Å². The smallest absolute Gasteiger partial charge is 0.490 e. The zero-order valence-electron chi connectivity index (χ0n) is 21.7. The highest BCUT2D eigenvalue weighted by Crippen LogP contribution is 2.23. The fraction of sp³-hybridized carbons (Fsp3) is 0.458. The van der Waals surface area contributed by atoms with E-state index in [1.807, 2.05) is 13.8 Å². The number of aryl methyl sites for hydroxylation is 2. The van der Waals surface area contributed by atoms with Crippen molar-refractivity contribution in [3.05, 3.63) is 59.2 Å². The number of aliphatic carboxylic acids is 1. The van der Waals surface area contributed by atoms with Crippen LogP contribution < -0.4 is 10.1 Å². The number of nitrogens with one attached hydrogen (secondary N) is 1. The van der Waals surface area contributed by atoms with Gasteiger partial charge in [-0.05, 0) is 54.8 Å². The van der Waals surface area contributed by atoms with Gasteiger partial charge in [-0.15, -0.1) is 0 Å². The summed E-state index contributed by atoms with van der Waals surface area (Å²) in [6, 6.07) is 12.1. The van der Waals surface area contributed by atoms with E-state index in [9.17, 15) is 30.0 Å². The molecule has 2 aromatic carbocycles. The van der Waals surface area contributed by atoms with Gasteiger partial charge in [0.2, 0.25) is 20.0 Å². The van der Waals surface area contributed by atoms with Crippen molar-refractivity contribution in [1.82, 2.24) is 13.9 Å². The SMILES string of the molecule is COc1cccc(CN(CCS(=O)(=O)N2CCNCC2)S(=O)(=O)c2ccc(C)c(C)c2)c1.O=C(O)C(F)(F)F. The molecular formula is C24H32F3N3O7S2. The Morgan fingerprint density at radius 1 is 1.05 bits per heavy atom. The van der Waals surface area contributed by atoms with Crippen LogP contribution in [0.1, 0.15) is 16.7 Å². The maximum absolute atomic E-state index is 13.5. The Morgan fingerprint density at radius 3 is 2.21 bits per heavy atom. The van der Waals surface area contributed by atoms with E-state index in [2.05, 4.69) is 5.32 Å². The number of carbonyl (C=O) groups is 1. The van der Waals surface area contributed by atoms with E-state index in [1.165, 1.54) is 8.61 Å². The van der Waals surface area contributed by atoms with Crippen molar-refractivity contribution in [1.29, 1.82) is 0 Å². The summed E-state index contributed by atoms with van der Waals surface area (Å²) in [5, 5.41) is 10.3. The number of ether oxygens (including phenoxy) is 1. The zero-order chi connectivity index (χ0) is 29.4. The Balaban J connectivity index is 0.000000673. The lowest BCUT2D eigenvalue weighted by molar-refractivity contribution is -0.192. The Hall–Kier alpha value is -2.72. The topological polar surface area (TPSA) is 133 Å². The maximum Gasteiger partial charge on any atom is 0.490 e. The van der Waals surface area contributed by atoms with Crippen LogP contribution in [0.2, 0.25) is 0 Å². The predicted molar refractivity (Wildman–Crippen MR) is 138 cm³/mol. The van der Waals surface area contributed by atoms with E-state index >= 15 is 0 Å². The third kappa shape index (κ3) is 9.46. The lowest BCUT2D eigenvalue weighted by Gasteiger charge is -2.28. The van der Waals surface area contributed by atoms with Crippen LogP contribution in [-0.4, -0.2) is 88.3 Å². The number of hydrogen-bond acceptors (Lipinski definition) is 7. The van der Waals surface area contributed by atoms with Crippen LogP contribution in [0.4, 0.5) is 13.2 Å². The van der Waals surface area contributed by atoms with E-state index in [4.69, 9.17) is 14.6 Å². The second-order valence-electron chi connectivity index (χ2n) is 8.70. The monoisotopic (exact) mass is 595 g/mol. The lowest BCUT2D eigenvalue weighted by atomic mass is 10.1. The van der Waals surface area contributed by atoms with Crippen LogP contribution in [0, 0.1) is 13.8 Å². The number of piperazine rings is 1. The summed E-state index contributed by atoms with van der Waals surface area (Å²) in [7, 11) is -5.95. The quantitative estimate of drug-likeness (QED) is 0.452. The molecule has 1 heterocycles. The van der Waals surface area contributed by atoms with E-state index < -0.39 is 32.2 Å². The van der Waals surface area contributed by atoms with Crippen molar-refractivity contribution < 1.29 is 44.6 Å². The van der Waals surface area contributed by atoms with Crippen molar-refractivity contribution in [3.8, 4) is 5.75 Å². The number of benzene rings is 2. The number of rotatable bonds is 9. The first-order chi connectivity index (χ1) is 18.1. The number of alkyl halides is 3. The Morgan fingerprint density at radius 2 is 1.67 bits per heavy atom. The molecule has 1 saturated heterocycles. The van der Waals surface area contributed by atoms with E-state index in [1.54, 1.807) is 49.6 Å². The van der Waals surface area contributed by atoms with Gasteiger partial charge in [-0.1, -0.05) is 18.2 Å². The number of sulfonamides is 2. The van der Waals surface area contributed by atoms with Crippen LogP contribution in [0.5, 0.6) is 5.75 Å². The van der Waals surface area contributed by atoms with Gasteiger partial charge in [0.25, 0.3) is 0 Å². The average molecular weight is 596 g/mol. The van der Waals surface area contributed by atoms with E-state index in [0.717, 1.165) is 16.7 Å². The van der Waals surface area contributed by atoms with Gasteiger partial charge in [-0.25, -0.2) is 21.6 Å². The van der Waals surface area contributed by atoms with Crippen molar-refractivity contribution in [3.63, 3.8) is 0 Å². The Kier molecular flexibility index (Phi) is 11.3. The molecule has 1 aliphatic rings. The molecule has 15 heteroatoms. The summed E-state index contributed by atoms with van der Waals surface area (Å²) >= 11 is 0. The second kappa shape index (κ2) is 13.6. The number of halogens is 3. The molecule has 0 amide bonds. The van der Waals surface area contributed by atoms with Crippen molar-refractivity contribution >= 4 is 26.0 Å². The molecule has 0 saturated carbocycles. The molecule has 218 valence electrons. The summed E-state index contributed by atoms with van der Waals surface area (Å²) in [6.07, 6.45) is -5.08. The number of carboxylic acid groups (broad SMARTS) is 1. The third-order valence-corrected chi connectivity index (χ3v) is 9.61. The largest absolute Gasteiger partial charge is 0.497 e. The number of methoxy groups -OCH3 is 1. The van der Waals surface area contributed by atoms with Gasteiger partial charge in [0.1, 0.15) is 5.75 Å². The molecule has 0 spiro atoms. The van der Waals surface area contributed by atoms with Crippen molar-refractivity contribution in [2.24, 2.45) is 0 Å². The van der Waals surface area contributed by atoms with Gasteiger partial charge in [-0.2, -0.15) is 21.8 Å². The summed E-state index contributed by atoms with van der Waals surface area (Å²) in [5.74, 6) is -2.42. The number of carboxylic acids is 1. The normalized spacial score (nSPS) is 14.9. The average Bonchev–Trinajstić information content (AvgIpc) is 2.88. The molecule has 1 aliphatic heterocycles. The fourth-order valence-electron chi connectivity index (χ4n) is 3.55. The molecule has 3 rings (SSSR count). The van der Waals surface area contributed by atoms with Crippen LogP contribution >= 0.6 is 0 Å². The first kappa shape index (κ1) is 32.5. The number of nitrogens with zero attached hydrogens (tertiary/aromatic N) is 2. The summed E-state index contributed by atoms with van der Waals surface area (Å²) in [4.78, 5) is 9.05. The molecule has 0 radical (unpaired) electrons. The number of hydrogen-bond donors (Lipinski definition) is 2. The van der Waals surface area contributed by atoms with Crippen LogP contribution in [0.15, 0.2) is 47.4 Å². The summed E-state index contributed by atoms with van der Waals surface area (Å²) < 4.78 is 92.4. The third-order valence-electron chi connectivity index (χ3n) is 5.92. The first-order valence-electron chi connectivity index (χ1n) is 11.8. The minimum absolute atomic E-state index is 0.0452. The van der Waals surface area contributed by atoms with Crippen molar-refractivity contribution in [2.75, 3.05) is 45.6 Å². The van der Waals surface area contributed by atoms with Crippen molar-refractivity contribution in [2.45, 2.75) is 31.5 Å². The van der Waals surface area contributed by atoms with E-state index in [-0.39, 0.29) is 23.7 Å². The minimum Gasteiger partial charge on any atom is -0.497 e. The van der Waals surface area contributed by atoms with Gasteiger partial charge in [0, 0.05) is 39.3 Å². The van der Waals surface area contributed by atoms with Gasteiger partial charge >= 0.3 is 12.1 Å². The fourth-order valence-corrected chi connectivity index (χ4v) is 6.63. The minimum atomic E-state index is -5.08. The molecule has 0 aliphatic carbocycles. The van der Waals surface area contributed by atoms with Crippen LogP contribution in [0.3, 0.4) is 0 Å². The molecule has 0 aromatic heterocycles. The molecule has 2 aromatic rings. The molecule has 2 N–H and O–H groups in total. The highest BCUT2D eigenvalue weighted by molar-refractivity contribution is 7.90. The van der Waals surface area contributed by atoms with E-state index in [0.29, 0.717) is 31.9 Å². The molecule has 10 nitrogen and oxygen atoms in total. The van der Waals surface area contributed by atoms with Gasteiger partial charge in [0.05, 0.1) is 17.8 Å². The van der Waals surface area contributed by atoms with Crippen LogP contribution in [0.25, 0.3) is 0 Å². The second-order valence-corrected chi connectivity index (χ2v) is 12.7. The standard InChI is InChI=1S/C22H31N3O5S2.C2HF3O2/c1-18-7-8-22(15-19(18)2)32(28,29)25(17-20-5-4-6-21(16-20)30-3)13-14-31(26,27)24-11-9-23-10-12-24;3-2(4,5)1(6)7/h4-8,15-16,23H,9-14,17H2,1-3H3;(H,6,7). The molecule has 39 heavy (non-hydrogen) atoms. The molecule has 0 atom stereocenters. The highest BCUT2D eigenvalue weighted by atomic mass is 32.2. The molecule has 0 unspecified atom stereocenters. The molecule has 1 fully saturated rings.